The molecule has 0 aromatic heterocycles. The van der Waals surface area contributed by atoms with Gasteiger partial charge >= 0.3 is 0 Å². The molecule has 15 heavy (non-hydrogen) atoms. The lowest BCUT2D eigenvalue weighted by Gasteiger charge is -2.28. The van der Waals surface area contributed by atoms with E-state index in [-0.39, 0.29) is 11.9 Å². The second-order valence-corrected chi connectivity index (χ2v) is 6.01. The molecule has 4 nitrogen and oxygen atoms in total. The van der Waals surface area contributed by atoms with Crippen LogP contribution < -0.4 is 5.32 Å². The van der Waals surface area contributed by atoms with E-state index < -0.39 is 16.4 Å². The average Bonchev–Trinajstić information content (AvgIpc) is 2.21. The van der Waals surface area contributed by atoms with Crippen molar-refractivity contribution in [2.45, 2.75) is 38.3 Å². The molecule has 1 aliphatic rings. The third-order valence-corrected chi connectivity index (χ3v) is 4.16. The lowest BCUT2D eigenvalue weighted by molar-refractivity contribution is -0.140. The number of carbonyl (C=O) groups excluding carboxylic acids is 1. The number of hydrogen-bond donors (Lipinski definition) is 1. The fourth-order valence-electron chi connectivity index (χ4n) is 1.39. The molecule has 1 heterocycles. The summed E-state index contributed by atoms with van der Waals surface area (Å²) in [5, 5.41) is 2.93. The van der Waals surface area contributed by atoms with E-state index in [0.29, 0.717) is 11.5 Å². The highest BCUT2D eigenvalue weighted by atomic mass is 32.2. The summed E-state index contributed by atoms with van der Waals surface area (Å²) in [6.45, 7) is 3.48. The Morgan fingerprint density at radius 2 is 1.93 bits per heavy atom. The number of rotatable bonds is 3. The topological polar surface area (TPSA) is 55.4 Å². The first kappa shape index (κ1) is 12.6. The maximum atomic E-state index is 11.7. The van der Waals surface area contributed by atoms with Gasteiger partial charge in [0.2, 0.25) is 0 Å². The Hall–Kier alpha value is -0.420. The summed E-state index contributed by atoms with van der Waals surface area (Å²) < 4.78 is 16.2. The van der Waals surface area contributed by atoms with Crippen LogP contribution in [0.25, 0.3) is 0 Å². The van der Waals surface area contributed by atoms with Crippen molar-refractivity contribution in [1.29, 1.82) is 0 Å². The minimum Gasteiger partial charge on any atom is -0.369 e. The van der Waals surface area contributed by atoms with Crippen molar-refractivity contribution in [2.75, 3.05) is 18.6 Å². The van der Waals surface area contributed by atoms with Gasteiger partial charge < -0.3 is 10.1 Å². The molecule has 0 atom stereocenters. The van der Waals surface area contributed by atoms with Gasteiger partial charge in [-0.1, -0.05) is 0 Å². The van der Waals surface area contributed by atoms with Crippen LogP contribution in [0.1, 0.15) is 26.7 Å². The van der Waals surface area contributed by atoms with Crippen LogP contribution in [-0.2, 0) is 20.3 Å². The van der Waals surface area contributed by atoms with Crippen LogP contribution in [0.3, 0.4) is 0 Å². The molecule has 0 unspecified atom stereocenters. The molecule has 1 aliphatic heterocycles. The fourth-order valence-corrected chi connectivity index (χ4v) is 2.69. The molecule has 1 amide bonds. The van der Waals surface area contributed by atoms with Gasteiger partial charge in [-0.3, -0.25) is 9.00 Å². The Bertz CT molecular complexity index is 255. The van der Waals surface area contributed by atoms with E-state index in [0.717, 1.165) is 12.8 Å². The summed E-state index contributed by atoms with van der Waals surface area (Å²) in [6.07, 6.45) is 1.61. The SMILES string of the molecule is COC(C)(C)C(=O)NC1CCS(=O)CC1. The molecule has 0 aliphatic carbocycles. The molecule has 5 heteroatoms. The molecule has 1 N–H and O–H groups in total. The number of ether oxygens (including phenoxy) is 1. The highest BCUT2D eigenvalue weighted by Gasteiger charge is 2.29. The lowest BCUT2D eigenvalue weighted by atomic mass is 10.1. The zero-order valence-corrected chi connectivity index (χ0v) is 10.4. The van der Waals surface area contributed by atoms with Crippen LogP contribution >= 0.6 is 0 Å². The van der Waals surface area contributed by atoms with E-state index in [9.17, 15) is 9.00 Å². The Kier molecular flexibility index (Phi) is 4.28. The standard InChI is InChI=1S/C10H19NO3S/c1-10(2,14-3)9(12)11-8-4-6-15(13)7-5-8/h8H,4-7H2,1-3H3,(H,11,12). The predicted octanol–water partition coefficient (Wildman–Crippen LogP) is 0.439. The molecule has 0 spiro atoms. The average molecular weight is 233 g/mol. The van der Waals surface area contributed by atoms with E-state index in [1.807, 2.05) is 0 Å². The smallest absolute Gasteiger partial charge is 0.251 e. The molecule has 1 saturated heterocycles. The first-order chi connectivity index (χ1) is 6.95. The number of carbonyl (C=O) groups is 1. The highest BCUT2D eigenvalue weighted by Crippen LogP contribution is 2.12. The van der Waals surface area contributed by atoms with Gasteiger partial charge in [-0.25, -0.2) is 0 Å². The van der Waals surface area contributed by atoms with Gasteiger partial charge in [-0.15, -0.1) is 0 Å². The lowest BCUT2D eigenvalue weighted by Crippen LogP contribution is -2.49. The summed E-state index contributed by atoms with van der Waals surface area (Å²) in [7, 11) is 0.842. The summed E-state index contributed by atoms with van der Waals surface area (Å²) in [6, 6.07) is 0.157. The van der Waals surface area contributed by atoms with Crippen LogP contribution in [0.2, 0.25) is 0 Å². The predicted molar refractivity (Wildman–Crippen MR) is 60.1 cm³/mol. The van der Waals surface area contributed by atoms with Crippen LogP contribution in [0, 0.1) is 0 Å². The molecule has 1 fully saturated rings. The van der Waals surface area contributed by atoms with Gasteiger partial charge in [0, 0.05) is 35.5 Å². The zero-order chi connectivity index (χ0) is 11.5. The van der Waals surface area contributed by atoms with Gasteiger partial charge in [0.15, 0.2) is 0 Å². The van der Waals surface area contributed by atoms with E-state index in [1.165, 1.54) is 7.11 Å². The van der Waals surface area contributed by atoms with Crippen molar-refractivity contribution in [1.82, 2.24) is 5.32 Å². The second kappa shape index (κ2) is 5.07. The third-order valence-electron chi connectivity index (χ3n) is 2.78. The third kappa shape index (κ3) is 3.57. The van der Waals surface area contributed by atoms with Gasteiger partial charge in [0.1, 0.15) is 5.60 Å². The number of nitrogens with one attached hydrogen (secondary N) is 1. The van der Waals surface area contributed by atoms with Gasteiger partial charge in [-0.05, 0) is 26.7 Å². The monoisotopic (exact) mass is 233 g/mol. The normalized spacial score (nSPS) is 27.4. The number of hydrogen-bond acceptors (Lipinski definition) is 3. The maximum Gasteiger partial charge on any atom is 0.251 e. The van der Waals surface area contributed by atoms with Crippen molar-refractivity contribution < 1.29 is 13.7 Å². The zero-order valence-electron chi connectivity index (χ0n) is 9.54. The molecule has 88 valence electrons. The van der Waals surface area contributed by atoms with E-state index in [2.05, 4.69) is 5.32 Å². The summed E-state index contributed by atoms with van der Waals surface area (Å²) in [4.78, 5) is 11.7. The maximum absolute atomic E-state index is 11.7. The fraction of sp³-hybridized carbons (Fsp3) is 0.900. The second-order valence-electron chi connectivity index (χ2n) is 4.31. The van der Waals surface area contributed by atoms with Crippen LogP contribution in [-0.4, -0.2) is 40.4 Å². The molecule has 0 aromatic carbocycles. The van der Waals surface area contributed by atoms with Gasteiger partial charge in [0.25, 0.3) is 5.91 Å². The summed E-state index contributed by atoms with van der Waals surface area (Å²) >= 11 is 0. The Morgan fingerprint density at radius 1 is 1.40 bits per heavy atom. The van der Waals surface area contributed by atoms with Crippen molar-refractivity contribution in [3.63, 3.8) is 0 Å². The largest absolute Gasteiger partial charge is 0.369 e. The van der Waals surface area contributed by atoms with Gasteiger partial charge in [0.05, 0.1) is 0 Å². The molecule has 1 rings (SSSR count). The molecule has 0 aromatic rings. The molecule has 0 saturated carbocycles. The minimum atomic E-state index is -0.781. The minimum absolute atomic E-state index is 0.0947. The van der Waals surface area contributed by atoms with Crippen LogP contribution in [0.5, 0.6) is 0 Å². The Morgan fingerprint density at radius 3 is 2.40 bits per heavy atom. The van der Waals surface area contributed by atoms with E-state index >= 15 is 0 Å². The van der Waals surface area contributed by atoms with Crippen molar-refractivity contribution in [3.05, 3.63) is 0 Å². The molecular weight excluding hydrogens is 214 g/mol. The summed E-state index contributed by atoms with van der Waals surface area (Å²) in [5.41, 5.74) is -0.781. The van der Waals surface area contributed by atoms with Crippen LogP contribution in [0.4, 0.5) is 0 Å². The first-order valence-electron chi connectivity index (χ1n) is 5.17. The molecular formula is C10H19NO3S. The van der Waals surface area contributed by atoms with Crippen molar-refractivity contribution >= 4 is 16.7 Å². The first-order valence-corrected chi connectivity index (χ1v) is 6.65. The van der Waals surface area contributed by atoms with Crippen molar-refractivity contribution in [3.8, 4) is 0 Å². The molecule has 0 radical (unpaired) electrons. The highest BCUT2D eigenvalue weighted by molar-refractivity contribution is 7.85. The van der Waals surface area contributed by atoms with Crippen molar-refractivity contribution in [2.24, 2.45) is 0 Å². The summed E-state index contributed by atoms with van der Waals surface area (Å²) in [5.74, 6) is 1.29. The Balaban J connectivity index is 2.42. The van der Waals surface area contributed by atoms with Crippen LogP contribution in [0.15, 0.2) is 0 Å². The Labute approximate surface area is 93.2 Å². The number of methoxy groups -OCH3 is 1. The van der Waals surface area contributed by atoms with E-state index in [4.69, 9.17) is 4.74 Å². The number of amides is 1. The quantitative estimate of drug-likeness (QED) is 0.769. The molecule has 0 bridgehead atoms. The van der Waals surface area contributed by atoms with E-state index in [1.54, 1.807) is 13.8 Å². The van der Waals surface area contributed by atoms with Gasteiger partial charge in [-0.2, -0.15) is 0 Å².